The van der Waals surface area contributed by atoms with Crippen LogP contribution >= 0.6 is 0 Å². The van der Waals surface area contributed by atoms with E-state index in [2.05, 4.69) is 21.8 Å². The van der Waals surface area contributed by atoms with E-state index in [1.807, 2.05) is 47.9 Å². The van der Waals surface area contributed by atoms with Crippen molar-refractivity contribution in [3.05, 3.63) is 59.4 Å². The van der Waals surface area contributed by atoms with Crippen LogP contribution in [0.5, 0.6) is 0 Å². The molecule has 0 atom stereocenters. The Hall–Kier alpha value is -3.20. The molecule has 1 aromatic carbocycles. The van der Waals surface area contributed by atoms with E-state index in [0.717, 1.165) is 28.0 Å². The third kappa shape index (κ3) is 5.24. The fraction of sp³-hybridized carbons (Fsp3) is 0.375. The van der Waals surface area contributed by atoms with E-state index in [4.69, 9.17) is 9.57 Å². The number of benzene rings is 1. The predicted octanol–water partition coefficient (Wildman–Crippen LogP) is 5.22. The molecule has 0 saturated heterocycles. The molecule has 4 rings (SSSR count). The number of oxime groups is 1. The molecule has 1 fully saturated rings. The number of rotatable bonds is 9. The molecule has 0 amide bonds. The predicted molar refractivity (Wildman–Crippen MR) is 121 cm³/mol. The molecule has 0 unspecified atom stereocenters. The van der Waals surface area contributed by atoms with Gasteiger partial charge < -0.3 is 9.57 Å². The Labute approximate surface area is 189 Å². The molecule has 1 aliphatic carbocycles. The Morgan fingerprint density at radius 1 is 1.27 bits per heavy atom. The average molecular weight is 458 g/mol. The monoisotopic (exact) mass is 458 g/mol. The summed E-state index contributed by atoms with van der Waals surface area (Å²) >= 11 is 0. The van der Waals surface area contributed by atoms with Gasteiger partial charge in [-0.2, -0.15) is 0 Å². The number of aromatic nitrogens is 2. The van der Waals surface area contributed by atoms with E-state index in [-0.39, 0.29) is 37.8 Å². The number of amidine groups is 1. The summed E-state index contributed by atoms with van der Waals surface area (Å²) in [6, 6.07) is 9.49. The van der Waals surface area contributed by atoms with Crippen LogP contribution in [0.4, 0.5) is 13.2 Å². The molecule has 9 heteroatoms. The van der Waals surface area contributed by atoms with Crippen LogP contribution in [-0.4, -0.2) is 47.7 Å². The van der Waals surface area contributed by atoms with Crippen LogP contribution in [0.1, 0.15) is 29.5 Å². The van der Waals surface area contributed by atoms with Crippen molar-refractivity contribution < 1.29 is 22.7 Å². The molecule has 6 nitrogen and oxygen atoms in total. The van der Waals surface area contributed by atoms with Crippen molar-refractivity contribution in [2.24, 2.45) is 16.1 Å². The second-order valence-electron chi connectivity index (χ2n) is 8.18. The van der Waals surface area contributed by atoms with Crippen LogP contribution in [0, 0.1) is 12.8 Å². The van der Waals surface area contributed by atoms with E-state index < -0.39 is 12.6 Å². The molecule has 1 aliphatic rings. The first kappa shape index (κ1) is 23.0. The summed E-state index contributed by atoms with van der Waals surface area (Å²) in [7, 11) is 0. The van der Waals surface area contributed by atoms with Gasteiger partial charge in [0.15, 0.2) is 5.84 Å². The number of halogens is 3. The van der Waals surface area contributed by atoms with Crippen LogP contribution in [-0.2, 0) is 16.2 Å². The Kier molecular flexibility index (Phi) is 6.78. The third-order valence-electron chi connectivity index (χ3n) is 5.61. The molecule has 0 N–H and O–H groups in total. The number of hydrogen-bond acceptors (Lipinski definition) is 4. The van der Waals surface area contributed by atoms with Crippen molar-refractivity contribution in [3.63, 3.8) is 0 Å². The number of nitrogens with zero attached hydrogens (tertiary/aromatic N) is 4. The number of alkyl halides is 3. The van der Waals surface area contributed by atoms with Gasteiger partial charge in [-0.25, -0.2) is 23.1 Å². The summed E-state index contributed by atoms with van der Waals surface area (Å²) in [6.07, 6.45) is 3.34. The van der Waals surface area contributed by atoms with Crippen molar-refractivity contribution in [2.45, 2.75) is 32.3 Å². The molecule has 3 aromatic rings. The zero-order valence-electron chi connectivity index (χ0n) is 18.3. The first-order chi connectivity index (χ1) is 15.9. The fourth-order valence-electron chi connectivity index (χ4n) is 3.87. The highest BCUT2D eigenvalue weighted by Gasteiger charge is 2.45. The number of aliphatic imine (C=N–C) groups is 1. The Morgan fingerprint density at radius 3 is 2.82 bits per heavy atom. The molecule has 0 bridgehead atoms. The van der Waals surface area contributed by atoms with Gasteiger partial charge in [-0.3, -0.25) is 4.40 Å². The van der Waals surface area contributed by atoms with Crippen molar-refractivity contribution in [3.8, 4) is 11.3 Å². The van der Waals surface area contributed by atoms with Gasteiger partial charge >= 0.3 is 0 Å². The first-order valence-corrected chi connectivity index (χ1v) is 10.7. The van der Waals surface area contributed by atoms with E-state index >= 15 is 0 Å². The maximum Gasteiger partial charge on any atom is 0.248 e. The lowest BCUT2D eigenvalue weighted by Gasteiger charge is -2.33. The zero-order valence-corrected chi connectivity index (χ0v) is 18.3. The lowest BCUT2D eigenvalue weighted by atomic mass is 9.82. The summed E-state index contributed by atoms with van der Waals surface area (Å²) < 4.78 is 45.6. The minimum Gasteiger partial charge on any atom is -0.394 e. The van der Waals surface area contributed by atoms with Crippen molar-refractivity contribution in [1.82, 2.24) is 9.38 Å². The van der Waals surface area contributed by atoms with Crippen LogP contribution in [0.15, 0.2) is 52.9 Å². The second-order valence-corrected chi connectivity index (χ2v) is 8.18. The lowest BCUT2D eigenvalue weighted by molar-refractivity contribution is -0.128. The zero-order chi connectivity index (χ0) is 23.4. The van der Waals surface area contributed by atoms with E-state index in [1.165, 1.54) is 0 Å². The Morgan fingerprint density at radius 2 is 2.09 bits per heavy atom. The quantitative estimate of drug-likeness (QED) is 0.191. The van der Waals surface area contributed by atoms with Crippen molar-refractivity contribution >= 4 is 18.2 Å². The second kappa shape index (κ2) is 9.74. The third-order valence-corrected chi connectivity index (χ3v) is 5.61. The summed E-state index contributed by atoms with van der Waals surface area (Å²) in [4.78, 5) is 13.7. The van der Waals surface area contributed by atoms with E-state index in [0.29, 0.717) is 12.2 Å². The molecule has 0 aliphatic heterocycles. The van der Waals surface area contributed by atoms with E-state index in [9.17, 15) is 13.2 Å². The normalized spacial score (nSPS) is 16.1. The van der Waals surface area contributed by atoms with Gasteiger partial charge in [0.25, 0.3) is 0 Å². The molecular weight excluding hydrogens is 433 g/mol. The molecule has 0 radical (unpaired) electrons. The molecular formula is C24H25F3N4O2. The molecule has 174 valence electrons. The van der Waals surface area contributed by atoms with Crippen LogP contribution in [0.25, 0.3) is 16.9 Å². The minimum absolute atomic E-state index is 0.0535. The first-order valence-electron chi connectivity index (χ1n) is 10.7. The van der Waals surface area contributed by atoms with Gasteiger partial charge in [0.05, 0.1) is 25.1 Å². The molecule has 33 heavy (non-hydrogen) atoms. The minimum atomic E-state index is -2.59. The number of fused-ring (bicyclic) bond motifs is 1. The lowest BCUT2D eigenvalue weighted by Crippen LogP contribution is -2.37. The van der Waals surface area contributed by atoms with Crippen molar-refractivity contribution in [2.75, 3.05) is 19.9 Å². The molecule has 1 saturated carbocycles. The largest absolute Gasteiger partial charge is 0.394 e. The number of aryl methyl sites for hydroxylation is 1. The standard InChI is InChI=1S/C24H25F3N4O2/c1-16-3-5-19(23(28-2)30-33-15-18-10-24(26,27)11-18)9-20(16)21-12-29-22-6-4-17(13-31(21)22)14-32-8-7-25/h3-6,9,12-13,18H,2,7-8,10-11,14-15H2,1H3/b30-23-. The van der Waals surface area contributed by atoms with Gasteiger partial charge in [-0.05, 0) is 36.9 Å². The SMILES string of the molecule is C=N/C(=N\OCC1CC(F)(F)C1)c1ccc(C)c(-c2cnc3ccc(COCCF)cn23)c1. The fourth-order valence-corrected chi connectivity index (χ4v) is 3.87. The number of pyridine rings is 1. The number of imidazole rings is 1. The van der Waals surface area contributed by atoms with E-state index in [1.54, 1.807) is 6.20 Å². The summed E-state index contributed by atoms with van der Waals surface area (Å²) in [6.45, 7) is 5.50. The van der Waals surface area contributed by atoms with Gasteiger partial charge in [0.1, 0.15) is 18.9 Å². The highest BCUT2D eigenvalue weighted by atomic mass is 19.3. The van der Waals surface area contributed by atoms with Crippen LogP contribution in [0.2, 0.25) is 0 Å². The topological polar surface area (TPSA) is 60.5 Å². The van der Waals surface area contributed by atoms with Crippen molar-refractivity contribution in [1.29, 1.82) is 0 Å². The van der Waals surface area contributed by atoms with Crippen LogP contribution < -0.4 is 0 Å². The maximum atomic E-state index is 13.0. The molecule has 2 aromatic heterocycles. The summed E-state index contributed by atoms with van der Waals surface area (Å²) in [5.41, 5.74) is 5.13. The Balaban J connectivity index is 1.57. The Bertz CT molecular complexity index is 1170. The van der Waals surface area contributed by atoms with Gasteiger partial charge in [-0.15, -0.1) is 0 Å². The average Bonchev–Trinajstić information content (AvgIpc) is 3.19. The van der Waals surface area contributed by atoms with Crippen LogP contribution in [0.3, 0.4) is 0 Å². The maximum absolute atomic E-state index is 13.0. The molecule has 0 spiro atoms. The van der Waals surface area contributed by atoms with Gasteiger partial charge in [-0.1, -0.05) is 23.4 Å². The number of hydrogen-bond donors (Lipinski definition) is 0. The smallest absolute Gasteiger partial charge is 0.248 e. The molecule has 2 heterocycles. The summed E-state index contributed by atoms with van der Waals surface area (Å²) in [5.74, 6) is -2.52. The highest BCUT2D eigenvalue weighted by molar-refractivity contribution is 6.02. The van der Waals surface area contributed by atoms with Gasteiger partial charge in [0.2, 0.25) is 5.92 Å². The number of ether oxygens (including phenoxy) is 1. The van der Waals surface area contributed by atoms with Gasteiger partial charge in [0, 0.05) is 36.1 Å². The highest BCUT2D eigenvalue weighted by Crippen LogP contribution is 2.42. The summed E-state index contributed by atoms with van der Waals surface area (Å²) in [5, 5.41) is 4.03.